The summed E-state index contributed by atoms with van der Waals surface area (Å²) in [4.78, 5) is 0. The van der Waals surface area contributed by atoms with Gasteiger partial charge in [0.2, 0.25) is 0 Å². The van der Waals surface area contributed by atoms with Crippen molar-refractivity contribution in [1.82, 2.24) is 0 Å². The van der Waals surface area contributed by atoms with E-state index < -0.39 is 0 Å². The molecular formula is C19H24BNO2. The van der Waals surface area contributed by atoms with Gasteiger partial charge in [-0.1, -0.05) is 24.3 Å². The molecule has 4 heteroatoms. The van der Waals surface area contributed by atoms with Gasteiger partial charge >= 0.3 is 7.12 Å². The monoisotopic (exact) mass is 309 g/mol. The van der Waals surface area contributed by atoms with Crippen LogP contribution >= 0.6 is 0 Å². The molecule has 0 unspecified atom stereocenters. The first kappa shape index (κ1) is 16.1. The van der Waals surface area contributed by atoms with Gasteiger partial charge in [-0.3, -0.25) is 0 Å². The zero-order chi connectivity index (χ0) is 16.7. The van der Waals surface area contributed by atoms with Gasteiger partial charge in [-0.05, 0) is 69.9 Å². The molecule has 0 spiro atoms. The van der Waals surface area contributed by atoms with Crippen LogP contribution in [0.3, 0.4) is 0 Å². The van der Waals surface area contributed by atoms with Crippen LogP contribution in [0, 0.1) is 6.92 Å². The van der Waals surface area contributed by atoms with Gasteiger partial charge < -0.3 is 14.6 Å². The van der Waals surface area contributed by atoms with Gasteiger partial charge in [-0.15, -0.1) is 0 Å². The number of hydrogen-bond donors (Lipinski definition) is 1. The molecule has 120 valence electrons. The molecule has 23 heavy (non-hydrogen) atoms. The number of benzene rings is 2. The lowest BCUT2D eigenvalue weighted by molar-refractivity contribution is 0.00578. The van der Waals surface area contributed by atoms with E-state index in [0.29, 0.717) is 0 Å². The number of aryl methyl sites for hydroxylation is 1. The summed E-state index contributed by atoms with van der Waals surface area (Å²) in [5.74, 6) is 0. The van der Waals surface area contributed by atoms with Crippen LogP contribution in [0.4, 0.5) is 11.4 Å². The maximum absolute atomic E-state index is 6.16. The third kappa shape index (κ3) is 3.28. The highest BCUT2D eigenvalue weighted by molar-refractivity contribution is 6.62. The maximum Gasteiger partial charge on any atom is 0.494 e. The van der Waals surface area contributed by atoms with Crippen LogP contribution in [0.25, 0.3) is 0 Å². The fourth-order valence-corrected chi connectivity index (χ4v) is 2.69. The quantitative estimate of drug-likeness (QED) is 0.868. The Balaban J connectivity index is 1.87. The first-order valence-corrected chi connectivity index (χ1v) is 8.06. The Labute approximate surface area is 139 Å². The van der Waals surface area contributed by atoms with Crippen molar-refractivity contribution in [2.24, 2.45) is 0 Å². The third-order valence-electron chi connectivity index (χ3n) is 4.69. The first-order valence-electron chi connectivity index (χ1n) is 8.06. The Hall–Kier alpha value is -1.78. The highest BCUT2D eigenvalue weighted by atomic mass is 16.7. The smallest absolute Gasteiger partial charge is 0.399 e. The molecule has 0 radical (unpaired) electrons. The van der Waals surface area contributed by atoms with Crippen LogP contribution in [0.2, 0.25) is 0 Å². The van der Waals surface area contributed by atoms with Gasteiger partial charge in [0.25, 0.3) is 0 Å². The summed E-state index contributed by atoms with van der Waals surface area (Å²) in [7, 11) is -0.337. The van der Waals surface area contributed by atoms with E-state index in [2.05, 4.69) is 70.3 Å². The molecule has 3 nitrogen and oxygen atoms in total. The average molecular weight is 309 g/mol. The first-order chi connectivity index (χ1) is 10.8. The molecule has 0 aromatic heterocycles. The Morgan fingerprint density at radius 3 is 2.04 bits per heavy atom. The second-order valence-corrected chi connectivity index (χ2v) is 7.21. The summed E-state index contributed by atoms with van der Waals surface area (Å²) in [6.07, 6.45) is 0. The SMILES string of the molecule is Cc1cc(Nc2ccccc2)cc(B2OC(C)(C)C(C)(C)O2)c1. The summed E-state index contributed by atoms with van der Waals surface area (Å²) in [6, 6.07) is 16.5. The molecular weight excluding hydrogens is 285 g/mol. The maximum atomic E-state index is 6.16. The van der Waals surface area contributed by atoms with Gasteiger partial charge in [0.15, 0.2) is 0 Å². The fraction of sp³-hybridized carbons (Fsp3) is 0.368. The van der Waals surface area contributed by atoms with Crippen LogP contribution in [0.5, 0.6) is 0 Å². The number of nitrogens with one attached hydrogen (secondary N) is 1. The minimum Gasteiger partial charge on any atom is -0.399 e. The van der Waals surface area contributed by atoms with Gasteiger partial charge in [0, 0.05) is 11.4 Å². The Kier molecular flexibility index (Phi) is 3.99. The Bertz CT molecular complexity index is 682. The van der Waals surface area contributed by atoms with E-state index in [0.717, 1.165) is 16.8 Å². The van der Waals surface area contributed by atoms with E-state index in [4.69, 9.17) is 9.31 Å². The van der Waals surface area contributed by atoms with E-state index in [9.17, 15) is 0 Å². The van der Waals surface area contributed by atoms with Crippen molar-refractivity contribution in [3.05, 3.63) is 54.1 Å². The number of rotatable bonds is 3. The van der Waals surface area contributed by atoms with E-state index in [1.54, 1.807) is 0 Å². The molecule has 0 aliphatic carbocycles. The third-order valence-corrected chi connectivity index (χ3v) is 4.69. The zero-order valence-electron chi connectivity index (χ0n) is 14.5. The molecule has 1 aliphatic rings. The minimum atomic E-state index is -0.337. The molecule has 2 aromatic rings. The molecule has 2 aromatic carbocycles. The van der Waals surface area contributed by atoms with Crippen molar-refractivity contribution in [3.63, 3.8) is 0 Å². The van der Waals surface area contributed by atoms with Gasteiger partial charge in [-0.25, -0.2) is 0 Å². The standard InChI is InChI=1S/C19H24BNO2/c1-14-11-15(20-22-18(2,3)19(4,5)23-20)13-17(12-14)21-16-9-7-6-8-10-16/h6-13,21H,1-5H3. The zero-order valence-corrected chi connectivity index (χ0v) is 14.5. The highest BCUT2D eigenvalue weighted by Crippen LogP contribution is 2.36. The lowest BCUT2D eigenvalue weighted by Crippen LogP contribution is -2.41. The van der Waals surface area contributed by atoms with E-state index in [1.807, 2.05) is 18.2 Å². The summed E-state index contributed by atoms with van der Waals surface area (Å²) in [5, 5.41) is 3.44. The lowest BCUT2D eigenvalue weighted by Gasteiger charge is -2.32. The Morgan fingerprint density at radius 1 is 0.826 bits per heavy atom. The van der Waals surface area contributed by atoms with E-state index in [-0.39, 0.29) is 18.3 Å². The lowest BCUT2D eigenvalue weighted by atomic mass is 9.78. The van der Waals surface area contributed by atoms with E-state index in [1.165, 1.54) is 5.56 Å². The largest absolute Gasteiger partial charge is 0.494 e. The number of anilines is 2. The van der Waals surface area contributed by atoms with Crippen LogP contribution < -0.4 is 10.8 Å². The van der Waals surface area contributed by atoms with Gasteiger partial charge in [0.05, 0.1) is 11.2 Å². The summed E-state index contributed by atoms with van der Waals surface area (Å²) >= 11 is 0. The molecule has 1 N–H and O–H groups in total. The van der Waals surface area contributed by atoms with Crippen molar-refractivity contribution < 1.29 is 9.31 Å². The topological polar surface area (TPSA) is 30.5 Å². The molecule has 3 rings (SSSR count). The van der Waals surface area contributed by atoms with Crippen molar-refractivity contribution in [2.45, 2.75) is 45.8 Å². The summed E-state index contributed by atoms with van der Waals surface area (Å²) in [5.41, 5.74) is 3.68. The van der Waals surface area contributed by atoms with Gasteiger partial charge in [-0.2, -0.15) is 0 Å². The Morgan fingerprint density at radius 2 is 1.43 bits per heavy atom. The molecule has 0 saturated carbocycles. The molecule has 1 aliphatic heterocycles. The van der Waals surface area contributed by atoms with Crippen LogP contribution in [-0.2, 0) is 9.31 Å². The number of para-hydroxylation sites is 1. The molecule has 1 fully saturated rings. The van der Waals surface area contributed by atoms with Gasteiger partial charge in [0.1, 0.15) is 0 Å². The number of hydrogen-bond acceptors (Lipinski definition) is 3. The fourth-order valence-electron chi connectivity index (χ4n) is 2.69. The molecule has 1 saturated heterocycles. The second kappa shape index (κ2) is 5.70. The van der Waals surface area contributed by atoms with Crippen molar-refractivity contribution in [1.29, 1.82) is 0 Å². The van der Waals surface area contributed by atoms with Crippen molar-refractivity contribution in [2.75, 3.05) is 5.32 Å². The molecule has 0 atom stereocenters. The van der Waals surface area contributed by atoms with Crippen molar-refractivity contribution >= 4 is 24.0 Å². The van der Waals surface area contributed by atoms with Crippen LogP contribution in [0.1, 0.15) is 33.3 Å². The predicted molar refractivity (Wildman–Crippen MR) is 96.6 cm³/mol. The summed E-state index contributed by atoms with van der Waals surface area (Å²) in [6.45, 7) is 10.4. The highest BCUT2D eigenvalue weighted by Gasteiger charge is 2.51. The van der Waals surface area contributed by atoms with E-state index >= 15 is 0 Å². The van der Waals surface area contributed by atoms with Crippen LogP contribution in [0.15, 0.2) is 48.5 Å². The van der Waals surface area contributed by atoms with Crippen molar-refractivity contribution in [3.8, 4) is 0 Å². The molecule has 1 heterocycles. The molecule has 0 amide bonds. The van der Waals surface area contributed by atoms with Crippen LogP contribution in [-0.4, -0.2) is 18.3 Å². The minimum absolute atomic E-state index is 0.325. The predicted octanol–water partition coefficient (Wildman–Crippen LogP) is 4.04. The normalized spacial score (nSPS) is 18.9. The second-order valence-electron chi connectivity index (χ2n) is 7.21. The summed E-state index contributed by atoms with van der Waals surface area (Å²) < 4.78 is 12.3. The molecule has 0 bridgehead atoms. The average Bonchev–Trinajstić information content (AvgIpc) is 2.68.